The predicted octanol–water partition coefficient (Wildman–Crippen LogP) is 3.57. The zero-order chi connectivity index (χ0) is 12.4. The molecule has 2 rings (SSSR count). The molecule has 0 spiro atoms. The van der Waals surface area contributed by atoms with Crippen molar-refractivity contribution < 1.29 is 4.42 Å². The van der Waals surface area contributed by atoms with E-state index in [-0.39, 0.29) is 0 Å². The lowest BCUT2D eigenvalue weighted by atomic mass is 10.1. The van der Waals surface area contributed by atoms with E-state index >= 15 is 0 Å². The second-order valence-electron chi connectivity index (χ2n) is 4.15. The van der Waals surface area contributed by atoms with Crippen LogP contribution in [0.4, 0.5) is 11.4 Å². The summed E-state index contributed by atoms with van der Waals surface area (Å²) >= 11 is 3.54. The molecule has 3 nitrogen and oxygen atoms in total. The summed E-state index contributed by atoms with van der Waals surface area (Å²) < 4.78 is 6.07. The van der Waals surface area contributed by atoms with Crippen molar-refractivity contribution in [3.05, 3.63) is 46.3 Å². The van der Waals surface area contributed by atoms with Crippen molar-refractivity contribution in [2.45, 2.75) is 13.5 Å². The van der Waals surface area contributed by atoms with Gasteiger partial charge < -0.3 is 15.1 Å². The third-order valence-corrected chi connectivity index (χ3v) is 3.38. The largest absolute Gasteiger partial charge is 0.472 e. The lowest BCUT2D eigenvalue weighted by Crippen LogP contribution is -2.16. The molecule has 0 fully saturated rings. The molecule has 0 atom stereocenters. The van der Waals surface area contributed by atoms with E-state index in [1.165, 1.54) is 0 Å². The van der Waals surface area contributed by atoms with Gasteiger partial charge in [0.25, 0.3) is 0 Å². The number of hydrogen-bond acceptors (Lipinski definition) is 3. The third kappa shape index (κ3) is 2.64. The molecule has 17 heavy (non-hydrogen) atoms. The van der Waals surface area contributed by atoms with Gasteiger partial charge in [-0.2, -0.15) is 0 Å². The Morgan fingerprint density at radius 3 is 2.82 bits per heavy atom. The smallest absolute Gasteiger partial charge is 0.0952 e. The molecule has 0 aliphatic heterocycles. The summed E-state index contributed by atoms with van der Waals surface area (Å²) in [5.41, 5.74) is 10.0. The topological polar surface area (TPSA) is 42.4 Å². The molecule has 90 valence electrons. The van der Waals surface area contributed by atoms with Gasteiger partial charge in [0.15, 0.2) is 0 Å². The molecule has 0 aliphatic rings. The highest BCUT2D eigenvalue weighted by molar-refractivity contribution is 9.10. The Morgan fingerprint density at radius 2 is 2.18 bits per heavy atom. The Hall–Kier alpha value is -1.42. The third-order valence-electron chi connectivity index (χ3n) is 2.75. The number of benzene rings is 1. The predicted molar refractivity (Wildman–Crippen MR) is 74.1 cm³/mol. The average Bonchev–Trinajstić information content (AvgIpc) is 2.76. The second-order valence-corrected chi connectivity index (χ2v) is 5.00. The summed E-state index contributed by atoms with van der Waals surface area (Å²) in [6.45, 7) is 2.81. The van der Waals surface area contributed by atoms with Gasteiger partial charge >= 0.3 is 0 Å². The normalized spacial score (nSPS) is 10.5. The summed E-state index contributed by atoms with van der Waals surface area (Å²) in [6.07, 6.45) is 3.45. The van der Waals surface area contributed by atoms with Crippen molar-refractivity contribution in [3.8, 4) is 0 Å². The molecule has 2 aromatic rings. The number of nitrogen functional groups attached to an aromatic ring is 1. The van der Waals surface area contributed by atoms with Crippen LogP contribution in [-0.4, -0.2) is 7.05 Å². The Balaban J connectivity index is 2.24. The van der Waals surface area contributed by atoms with Crippen LogP contribution in [0.5, 0.6) is 0 Å². The van der Waals surface area contributed by atoms with Crippen LogP contribution in [0.3, 0.4) is 0 Å². The number of nitrogens with two attached hydrogens (primary N) is 1. The van der Waals surface area contributed by atoms with Crippen LogP contribution in [-0.2, 0) is 6.54 Å². The van der Waals surface area contributed by atoms with E-state index in [4.69, 9.17) is 10.2 Å². The first-order chi connectivity index (χ1) is 8.08. The van der Waals surface area contributed by atoms with Gasteiger partial charge in [-0.05, 0) is 46.6 Å². The van der Waals surface area contributed by atoms with Crippen LogP contribution in [0.15, 0.2) is 39.6 Å². The van der Waals surface area contributed by atoms with Crippen molar-refractivity contribution in [1.29, 1.82) is 0 Å². The molecular formula is C13H15BrN2O. The minimum Gasteiger partial charge on any atom is -0.472 e. The summed E-state index contributed by atoms with van der Waals surface area (Å²) in [5, 5.41) is 0. The first-order valence-corrected chi connectivity index (χ1v) is 6.15. The van der Waals surface area contributed by atoms with Gasteiger partial charge in [-0.1, -0.05) is 0 Å². The first kappa shape index (κ1) is 12.0. The molecule has 0 amide bonds. The van der Waals surface area contributed by atoms with Crippen molar-refractivity contribution in [1.82, 2.24) is 0 Å². The van der Waals surface area contributed by atoms with Crippen LogP contribution in [0.1, 0.15) is 11.1 Å². The standard InChI is InChI=1S/C13H15BrN2O/c1-9-5-13(11(14)6-12(9)15)16(2)7-10-3-4-17-8-10/h3-6,8H,7,15H2,1-2H3. The SMILES string of the molecule is Cc1cc(N(C)Cc2ccoc2)c(Br)cc1N. The first-order valence-electron chi connectivity index (χ1n) is 5.36. The van der Waals surface area contributed by atoms with Gasteiger partial charge in [-0.3, -0.25) is 0 Å². The van der Waals surface area contributed by atoms with Gasteiger partial charge in [0, 0.05) is 29.3 Å². The van der Waals surface area contributed by atoms with Gasteiger partial charge in [0.2, 0.25) is 0 Å². The zero-order valence-corrected chi connectivity index (χ0v) is 11.5. The number of halogens is 1. The number of anilines is 2. The van der Waals surface area contributed by atoms with Gasteiger partial charge in [0.1, 0.15) is 0 Å². The Morgan fingerprint density at radius 1 is 1.41 bits per heavy atom. The van der Waals surface area contributed by atoms with E-state index in [2.05, 4.69) is 26.9 Å². The highest BCUT2D eigenvalue weighted by Gasteiger charge is 2.09. The minimum atomic E-state index is 0.803. The van der Waals surface area contributed by atoms with Crippen LogP contribution >= 0.6 is 15.9 Å². The van der Waals surface area contributed by atoms with Crippen LogP contribution in [0, 0.1) is 6.92 Å². The van der Waals surface area contributed by atoms with E-state index < -0.39 is 0 Å². The fourth-order valence-corrected chi connectivity index (χ4v) is 2.38. The maximum atomic E-state index is 5.86. The van der Waals surface area contributed by atoms with Gasteiger partial charge in [0.05, 0.1) is 18.2 Å². The summed E-state index contributed by atoms with van der Waals surface area (Å²) in [6, 6.07) is 5.99. The molecule has 4 heteroatoms. The summed E-state index contributed by atoms with van der Waals surface area (Å²) in [5.74, 6) is 0. The molecule has 1 aromatic carbocycles. The van der Waals surface area contributed by atoms with Gasteiger partial charge in [-0.15, -0.1) is 0 Å². The number of rotatable bonds is 3. The Bertz CT molecular complexity index is 508. The summed E-state index contributed by atoms with van der Waals surface area (Å²) in [7, 11) is 2.04. The van der Waals surface area contributed by atoms with Crippen LogP contribution < -0.4 is 10.6 Å². The lowest BCUT2D eigenvalue weighted by molar-refractivity contribution is 0.563. The molecule has 0 aliphatic carbocycles. The molecule has 0 saturated heterocycles. The Kier molecular flexibility index (Phi) is 3.43. The van der Waals surface area contributed by atoms with Crippen LogP contribution in [0.25, 0.3) is 0 Å². The second kappa shape index (κ2) is 4.84. The van der Waals surface area contributed by atoms with Crippen molar-refractivity contribution >= 4 is 27.3 Å². The summed E-state index contributed by atoms with van der Waals surface area (Å²) in [4.78, 5) is 2.15. The monoisotopic (exact) mass is 294 g/mol. The molecular weight excluding hydrogens is 280 g/mol. The fraction of sp³-hybridized carbons (Fsp3) is 0.231. The maximum absolute atomic E-state index is 5.86. The van der Waals surface area contributed by atoms with E-state index in [1.54, 1.807) is 12.5 Å². The van der Waals surface area contributed by atoms with E-state index in [0.717, 1.165) is 33.5 Å². The lowest BCUT2D eigenvalue weighted by Gasteiger charge is -2.21. The molecule has 1 heterocycles. The highest BCUT2D eigenvalue weighted by Crippen LogP contribution is 2.30. The van der Waals surface area contributed by atoms with Gasteiger partial charge in [-0.25, -0.2) is 0 Å². The molecule has 0 radical (unpaired) electrons. The van der Waals surface area contributed by atoms with Crippen molar-refractivity contribution in [2.75, 3.05) is 17.7 Å². The molecule has 0 unspecified atom stereocenters. The van der Waals surface area contributed by atoms with Crippen molar-refractivity contribution in [2.24, 2.45) is 0 Å². The number of nitrogens with zero attached hydrogens (tertiary/aromatic N) is 1. The van der Waals surface area contributed by atoms with E-state index in [9.17, 15) is 0 Å². The highest BCUT2D eigenvalue weighted by atomic mass is 79.9. The quantitative estimate of drug-likeness (QED) is 0.880. The van der Waals surface area contributed by atoms with E-state index in [0.29, 0.717) is 0 Å². The maximum Gasteiger partial charge on any atom is 0.0952 e. The molecule has 0 saturated carbocycles. The number of furan rings is 1. The average molecular weight is 295 g/mol. The molecule has 2 N–H and O–H groups in total. The number of aryl methyl sites for hydroxylation is 1. The molecule has 0 bridgehead atoms. The number of hydrogen-bond donors (Lipinski definition) is 1. The fourth-order valence-electron chi connectivity index (χ4n) is 1.72. The minimum absolute atomic E-state index is 0.803. The van der Waals surface area contributed by atoms with Crippen LogP contribution in [0.2, 0.25) is 0 Å². The van der Waals surface area contributed by atoms with Crippen molar-refractivity contribution in [3.63, 3.8) is 0 Å². The van der Waals surface area contributed by atoms with E-state index in [1.807, 2.05) is 26.1 Å². The molecule has 1 aromatic heterocycles. The zero-order valence-electron chi connectivity index (χ0n) is 9.90. The Labute approximate surface area is 109 Å².